The van der Waals surface area contributed by atoms with E-state index in [4.69, 9.17) is 4.74 Å². The molecule has 0 spiro atoms. The van der Waals surface area contributed by atoms with Crippen LogP contribution < -0.4 is 4.74 Å². The lowest BCUT2D eigenvalue weighted by atomic mass is 9.80. The lowest BCUT2D eigenvalue weighted by molar-refractivity contribution is 0.373. The smallest absolute Gasteiger partial charge is 0.160 e. The third-order valence-electron chi connectivity index (χ3n) is 5.33. The first-order valence-corrected chi connectivity index (χ1v) is 9.20. The van der Waals surface area contributed by atoms with Crippen molar-refractivity contribution in [3.05, 3.63) is 81.4 Å². The van der Waals surface area contributed by atoms with Crippen LogP contribution in [-0.4, -0.2) is 22.4 Å². The number of ether oxygens (including phenoxy) is 1. The van der Waals surface area contributed by atoms with Crippen molar-refractivity contribution >= 4 is 0 Å². The number of phenols is 3. The van der Waals surface area contributed by atoms with Crippen molar-refractivity contribution in [2.24, 2.45) is 0 Å². The average Bonchev–Trinajstić information content (AvgIpc) is 2.64. The molecule has 3 rings (SSSR count). The minimum Gasteiger partial charge on any atom is -0.508 e. The maximum absolute atomic E-state index is 10.1. The van der Waals surface area contributed by atoms with Gasteiger partial charge in [0, 0.05) is 5.92 Å². The minimum absolute atomic E-state index is 0.0854. The Morgan fingerprint density at radius 2 is 1.14 bits per heavy atom. The Bertz CT molecular complexity index is 980. The molecule has 146 valence electrons. The van der Waals surface area contributed by atoms with E-state index in [1.807, 2.05) is 52.0 Å². The Balaban J connectivity index is 2.32. The fraction of sp³-hybridized carbons (Fsp3) is 0.250. The molecule has 0 saturated heterocycles. The first kappa shape index (κ1) is 19.6. The summed E-state index contributed by atoms with van der Waals surface area (Å²) >= 11 is 0. The lowest BCUT2D eigenvalue weighted by Gasteiger charge is -2.25. The van der Waals surface area contributed by atoms with Gasteiger partial charge >= 0.3 is 0 Å². The van der Waals surface area contributed by atoms with Crippen LogP contribution in [0.4, 0.5) is 0 Å². The molecule has 28 heavy (non-hydrogen) atoms. The first-order valence-electron chi connectivity index (χ1n) is 9.20. The summed E-state index contributed by atoms with van der Waals surface area (Å²) in [6.07, 6.45) is 0. The van der Waals surface area contributed by atoms with Crippen LogP contribution in [0, 0.1) is 27.7 Å². The molecular weight excluding hydrogens is 352 g/mol. The third-order valence-corrected chi connectivity index (χ3v) is 5.33. The fourth-order valence-corrected chi connectivity index (χ4v) is 3.67. The first-order chi connectivity index (χ1) is 13.2. The topological polar surface area (TPSA) is 69.9 Å². The Hall–Kier alpha value is -3.14. The molecule has 3 aromatic carbocycles. The van der Waals surface area contributed by atoms with E-state index in [9.17, 15) is 15.3 Å². The van der Waals surface area contributed by atoms with Gasteiger partial charge in [-0.15, -0.1) is 0 Å². The molecule has 0 aliphatic rings. The summed E-state index contributed by atoms with van der Waals surface area (Å²) in [4.78, 5) is 0. The van der Waals surface area contributed by atoms with E-state index in [0.29, 0.717) is 5.75 Å². The zero-order chi connectivity index (χ0) is 20.6. The van der Waals surface area contributed by atoms with Crippen LogP contribution in [-0.2, 0) is 0 Å². The van der Waals surface area contributed by atoms with Gasteiger partial charge in [0.05, 0.1) is 7.11 Å². The molecule has 0 aromatic heterocycles. The second kappa shape index (κ2) is 7.47. The van der Waals surface area contributed by atoms with E-state index in [2.05, 4.69) is 0 Å². The number of hydrogen-bond acceptors (Lipinski definition) is 4. The largest absolute Gasteiger partial charge is 0.508 e. The summed E-state index contributed by atoms with van der Waals surface area (Å²) < 4.78 is 5.32. The van der Waals surface area contributed by atoms with E-state index in [1.54, 1.807) is 18.2 Å². The van der Waals surface area contributed by atoms with Crippen molar-refractivity contribution in [2.75, 3.05) is 7.11 Å². The Morgan fingerprint density at radius 3 is 1.61 bits per heavy atom. The van der Waals surface area contributed by atoms with Gasteiger partial charge in [-0.05, 0) is 90.9 Å². The molecule has 0 aliphatic heterocycles. The molecule has 4 heteroatoms. The molecule has 3 aromatic rings. The van der Waals surface area contributed by atoms with Gasteiger partial charge in [0.15, 0.2) is 11.5 Å². The predicted molar refractivity (Wildman–Crippen MR) is 111 cm³/mol. The van der Waals surface area contributed by atoms with E-state index < -0.39 is 0 Å². The van der Waals surface area contributed by atoms with Crippen LogP contribution in [0.2, 0.25) is 0 Å². The summed E-state index contributed by atoms with van der Waals surface area (Å²) in [6.45, 7) is 7.70. The second-order valence-corrected chi connectivity index (χ2v) is 7.35. The van der Waals surface area contributed by atoms with Crippen LogP contribution >= 0.6 is 0 Å². The highest BCUT2D eigenvalue weighted by Crippen LogP contribution is 2.41. The summed E-state index contributed by atoms with van der Waals surface area (Å²) in [5.74, 6) is 0.878. The van der Waals surface area contributed by atoms with Crippen molar-refractivity contribution in [3.63, 3.8) is 0 Å². The lowest BCUT2D eigenvalue weighted by Crippen LogP contribution is -2.08. The van der Waals surface area contributed by atoms with Crippen LogP contribution in [0.1, 0.15) is 44.9 Å². The highest BCUT2D eigenvalue weighted by molar-refractivity contribution is 5.56. The fourth-order valence-electron chi connectivity index (χ4n) is 3.67. The summed E-state index contributed by atoms with van der Waals surface area (Å²) in [5.41, 5.74) is 6.58. The van der Waals surface area contributed by atoms with Gasteiger partial charge in [0.2, 0.25) is 0 Å². The molecule has 0 radical (unpaired) electrons. The summed E-state index contributed by atoms with van der Waals surface area (Å²) in [5, 5.41) is 30.3. The van der Waals surface area contributed by atoms with Gasteiger partial charge in [0.25, 0.3) is 0 Å². The molecule has 4 nitrogen and oxygen atoms in total. The molecule has 0 aliphatic carbocycles. The third kappa shape index (κ3) is 3.50. The number of aromatic hydroxyl groups is 3. The Labute approximate surface area is 165 Å². The van der Waals surface area contributed by atoms with Gasteiger partial charge in [-0.3, -0.25) is 0 Å². The molecule has 0 amide bonds. The quantitative estimate of drug-likeness (QED) is 0.544. The molecule has 0 saturated carbocycles. The number of methoxy groups -OCH3 is 1. The van der Waals surface area contributed by atoms with E-state index >= 15 is 0 Å². The number of rotatable bonds is 4. The zero-order valence-corrected chi connectivity index (χ0v) is 16.9. The zero-order valence-electron chi connectivity index (χ0n) is 16.9. The second-order valence-electron chi connectivity index (χ2n) is 7.35. The van der Waals surface area contributed by atoms with Crippen LogP contribution in [0.3, 0.4) is 0 Å². The van der Waals surface area contributed by atoms with E-state index in [0.717, 1.165) is 38.9 Å². The van der Waals surface area contributed by atoms with Crippen molar-refractivity contribution in [1.82, 2.24) is 0 Å². The van der Waals surface area contributed by atoms with Crippen LogP contribution in [0.5, 0.6) is 23.0 Å². The monoisotopic (exact) mass is 378 g/mol. The summed E-state index contributed by atoms with van der Waals surface area (Å²) in [6, 6.07) is 12.9. The van der Waals surface area contributed by atoms with Crippen LogP contribution in [0.25, 0.3) is 0 Å². The maximum Gasteiger partial charge on any atom is 0.160 e. The predicted octanol–water partition coefficient (Wildman–Crippen LogP) is 5.23. The number of aryl methyl sites for hydroxylation is 4. The van der Waals surface area contributed by atoms with E-state index in [-0.39, 0.29) is 23.2 Å². The Morgan fingerprint density at radius 1 is 0.643 bits per heavy atom. The molecule has 0 heterocycles. The maximum atomic E-state index is 10.1. The van der Waals surface area contributed by atoms with Gasteiger partial charge < -0.3 is 20.1 Å². The molecule has 0 atom stereocenters. The SMILES string of the molecule is COc1cc(C(c2cc(C)c(O)cc2C)c2cc(C)c(O)cc2C)ccc1O. The van der Waals surface area contributed by atoms with Gasteiger partial charge in [-0.25, -0.2) is 0 Å². The van der Waals surface area contributed by atoms with Crippen molar-refractivity contribution in [3.8, 4) is 23.0 Å². The number of phenolic OH excluding ortho intramolecular Hbond substituents is 3. The summed E-state index contributed by atoms with van der Waals surface area (Å²) in [7, 11) is 1.53. The highest BCUT2D eigenvalue weighted by atomic mass is 16.5. The van der Waals surface area contributed by atoms with Crippen molar-refractivity contribution < 1.29 is 20.1 Å². The molecular formula is C24H26O4. The van der Waals surface area contributed by atoms with E-state index in [1.165, 1.54) is 7.11 Å². The average molecular weight is 378 g/mol. The van der Waals surface area contributed by atoms with Gasteiger partial charge in [-0.1, -0.05) is 18.2 Å². The highest BCUT2D eigenvalue weighted by Gasteiger charge is 2.23. The number of benzene rings is 3. The van der Waals surface area contributed by atoms with Crippen molar-refractivity contribution in [1.29, 1.82) is 0 Å². The molecule has 0 fully saturated rings. The molecule has 0 unspecified atom stereocenters. The molecule has 3 N–H and O–H groups in total. The standard InChI is InChI=1S/C24H26O4/c1-13-10-21(26)15(3)8-18(13)24(17-6-7-20(25)23(12-17)28-5)19-9-16(4)22(27)11-14(19)2/h6-12,24-27H,1-5H3. The van der Waals surface area contributed by atoms with Gasteiger partial charge in [0.1, 0.15) is 11.5 Å². The normalized spacial score (nSPS) is 11.1. The van der Waals surface area contributed by atoms with Crippen molar-refractivity contribution in [2.45, 2.75) is 33.6 Å². The van der Waals surface area contributed by atoms with Crippen LogP contribution in [0.15, 0.2) is 42.5 Å². The number of hydrogen-bond donors (Lipinski definition) is 3. The Kier molecular flexibility index (Phi) is 5.23. The minimum atomic E-state index is -0.145. The molecule has 0 bridgehead atoms. The van der Waals surface area contributed by atoms with Gasteiger partial charge in [-0.2, -0.15) is 0 Å².